The lowest BCUT2D eigenvalue weighted by Crippen LogP contribution is -1.97. The lowest BCUT2D eigenvalue weighted by molar-refractivity contribution is 0.280. The third-order valence-electron chi connectivity index (χ3n) is 2.81. The van der Waals surface area contributed by atoms with Gasteiger partial charge >= 0.3 is 0 Å². The van der Waals surface area contributed by atoms with Gasteiger partial charge in [-0.15, -0.1) is 11.3 Å². The molecule has 0 unspecified atom stereocenters. The molecule has 0 fully saturated rings. The number of rotatable bonds is 2. The molecule has 0 saturated carbocycles. The second-order valence-corrected chi connectivity index (χ2v) is 4.94. The van der Waals surface area contributed by atoms with Crippen molar-refractivity contribution in [2.75, 3.05) is 0 Å². The minimum Gasteiger partial charge on any atom is -0.392 e. The molecule has 0 saturated heterocycles. The SMILES string of the molecule is Cc1nc(-c2cnc3ccsc3c2)ncc1CO. The van der Waals surface area contributed by atoms with Crippen LogP contribution in [0.2, 0.25) is 0 Å². The van der Waals surface area contributed by atoms with Crippen molar-refractivity contribution in [3.05, 3.63) is 41.2 Å². The fraction of sp³-hybridized carbons (Fsp3) is 0.154. The Kier molecular flexibility index (Phi) is 2.77. The molecule has 0 atom stereocenters. The lowest BCUT2D eigenvalue weighted by atomic mass is 10.2. The van der Waals surface area contributed by atoms with Crippen LogP contribution in [0, 0.1) is 6.92 Å². The molecule has 0 radical (unpaired) electrons. The molecule has 5 heteroatoms. The third kappa shape index (κ3) is 1.87. The minimum absolute atomic E-state index is 0.0334. The van der Waals surface area contributed by atoms with E-state index in [0.717, 1.165) is 27.0 Å². The number of pyridine rings is 1. The Bertz CT molecular complexity index is 708. The fourth-order valence-electron chi connectivity index (χ4n) is 1.76. The van der Waals surface area contributed by atoms with Crippen LogP contribution in [0.1, 0.15) is 11.3 Å². The van der Waals surface area contributed by atoms with Crippen molar-refractivity contribution >= 4 is 21.6 Å². The molecule has 3 rings (SSSR count). The highest BCUT2D eigenvalue weighted by Gasteiger charge is 2.07. The summed E-state index contributed by atoms with van der Waals surface area (Å²) in [5, 5.41) is 11.1. The van der Waals surface area contributed by atoms with Gasteiger partial charge in [0.05, 0.1) is 16.8 Å². The van der Waals surface area contributed by atoms with Gasteiger partial charge in [0, 0.05) is 29.2 Å². The molecular formula is C13H11N3OS. The Morgan fingerprint density at radius 1 is 1.28 bits per heavy atom. The minimum atomic E-state index is -0.0334. The first-order valence-electron chi connectivity index (χ1n) is 5.55. The molecule has 90 valence electrons. The molecule has 1 N–H and O–H groups in total. The number of nitrogens with zero attached hydrogens (tertiary/aromatic N) is 3. The van der Waals surface area contributed by atoms with Crippen LogP contribution in [0.3, 0.4) is 0 Å². The highest BCUT2D eigenvalue weighted by molar-refractivity contribution is 7.17. The van der Waals surface area contributed by atoms with Crippen LogP contribution in [-0.4, -0.2) is 20.1 Å². The van der Waals surface area contributed by atoms with Gasteiger partial charge in [0.15, 0.2) is 5.82 Å². The molecule has 4 nitrogen and oxygen atoms in total. The number of aliphatic hydroxyl groups excluding tert-OH is 1. The molecule has 0 bridgehead atoms. The predicted octanol–water partition coefficient (Wildman–Crippen LogP) is 2.55. The number of hydrogen-bond donors (Lipinski definition) is 1. The number of hydrogen-bond acceptors (Lipinski definition) is 5. The summed E-state index contributed by atoms with van der Waals surface area (Å²) in [6.45, 7) is 1.84. The maximum absolute atomic E-state index is 9.10. The summed E-state index contributed by atoms with van der Waals surface area (Å²) >= 11 is 1.65. The summed E-state index contributed by atoms with van der Waals surface area (Å²) in [5.41, 5.74) is 3.45. The number of fused-ring (bicyclic) bond motifs is 1. The lowest BCUT2D eigenvalue weighted by Gasteiger charge is -2.04. The average Bonchev–Trinajstić information content (AvgIpc) is 2.85. The van der Waals surface area contributed by atoms with Gasteiger partial charge in [0.1, 0.15) is 0 Å². The second-order valence-electron chi connectivity index (χ2n) is 3.99. The van der Waals surface area contributed by atoms with Crippen LogP contribution in [0.4, 0.5) is 0 Å². The Morgan fingerprint density at radius 3 is 2.94 bits per heavy atom. The summed E-state index contributed by atoms with van der Waals surface area (Å²) in [6, 6.07) is 4.03. The summed E-state index contributed by atoms with van der Waals surface area (Å²) in [4.78, 5) is 13.0. The van der Waals surface area contributed by atoms with E-state index in [1.54, 1.807) is 23.7 Å². The average molecular weight is 257 g/mol. The van der Waals surface area contributed by atoms with Gasteiger partial charge in [-0.3, -0.25) is 4.98 Å². The smallest absolute Gasteiger partial charge is 0.160 e. The van der Waals surface area contributed by atoms with Gasteiger partial charge < -0.3 is 5.11 Å². The van der Waals surface area contributed by atoms with Gasteiger partial charge in [-0.2, -0.15) is 0 Å². The molecule has 0 aliphatic heterocycles. The number of aromatic nitrogens is 3. The van der Waals surface area contributed by atoms with E-state index < -0.39 is 0 Å². The Balaban J connectivity index is 2.10. The number of thiophene rings is 1. The maximum atomic E-state index is 9.10. The van der Waals surface area contributed by atoms with E-state index in [0.29, 0.717) is 5.82 Å². The van der Waals surface area contributed by atoms with E-state index in [4.69, 9.17) is 5.11 Å². The van der Waals surface area contributed by atoms with E-state index in [-0.39, 0.29) is 6.61 Å². The Hall–Kier alpha value is -1.85. The monoisotopic (exact) mass is 257 g/mol. The molecule has 0 spiro atoms. The van der Waals surface area contributed by atoms with E-state index in [1.807, 2.05) is 24.4 Å². The highest BCUT2D eigenvalue weighted by Crippen LogP contribution is 2.24. The second kappa shape index (κ2) is 4.44. The summed E-state index contributed by atoms with van der Waals surface area (Å²) in [5.74, 6) is 0.646. The highest BCUT2D eigenvalue weighted by atomic mass is 32.1. The fourth-order valence-corrected chi connectivity index (χ4v) is 2.54. The van der Waals surface area contributed by atoms with Crippen molar-refractivity contribution in [2.24, 2.45) is 0 Å². The zero-order chi connectivity index (χ0) is 12.5. The van der Waals surface area contributed by atoms with E-state index in [2.05, 4.69) is 15.0 Å². The standard InChI is InChI=1S/C13H11N3OS/c1-8-10(7-17)6-15-13(16-8)9-4-12-11(14-5-9)2-3-18-12/h2-6,17H,7H2,1H3. The van der Waals surface area contributed by atoms with Crippen LogP contribution in [0.25, 0.3) is 21.6 Å². The summed E-state index contributed by atoms with van der Waals surface area (Å²) < 4.78 is 1.12. The number of aryl methyl sites for hydroxylation is 1. The van der Waals surface area contributed by atoms with Crippen LogP contribution >= 0.6 is 11.3 Å². The van der Waals surface area contributed by atoms with Gasteiger partial charge in [-0.1, -0.05) is 0 Å². The maximum Gasteiger partial charge on any atom is 0.160 e. The van der Waals surface area contributed by atoms with Crippen molar-refractivity contribution < 1.29 is 5.11 Å². The molecule has 3 aromatic heterocycles. The first-order chi connectivity index (χ1) is 8.78. The first kappa shape index (κ1) is 11.3. The van der Waals surface area contributed by atoms with Crippen molar-refractivity contribution in [2.45, 2.75) is 13.5 Å². The molecule has 18 heavy (non-hydrogen) atoms. The zero-order valence-electron chi connectivity index (χ0n) is 9.79. The molecule has 3 heterocycles. The van der Waals surface area contributed by atoms with Gasteiger partial charge in [-0.05, 0) is 24.4 Å². The molecule has 0 aromatic carbocycles. The molecule has 3 aromatic rings. The topological polar surface area (TPSA) is 58.9 Å². The molecule has 0 amide bonds. The number of aliphatic hydroxyl groups is 1. The summed E-state index contributed by atoms with van der Waals surface area (Å²) in [7, 11) is 0. The normalized spacial score (nSPS) is 11.0. The Labute approximate surface area is 108 Å². The molecular weight excluding hydrogens is 246 g/mol. The third-order valence-corrected chi connectivity index (χ3v) is 3.67. The summed E-state index contributed by atoms with van der Waals surface area (Å²) in [6.07, 6.45) is 3.44. The van der Waals surface area contributed by atoms with Crippen molar-refractivity contribution in [3.8, 4) is 11.4 Å². The first-order valence-corrected chi connectivity index (χ1v) is 6.43. The van der Waals surface area contributed by atoms with Gasteiger partial charge in [0.25, 0.3) is 0 Å². The zero-order valence-corrected chi connectivity index (χ0v) is 10.6. The van der Waals surface area contributed by atoms with Crippen molar-refractivity contribution in [1.29, 1.82) is 0 Å². The van der Waals surface area contributed by atoms with E-state index in [1.165, 1.54) is 0 Å². The van der Waals surface area contributed by atoms with Crippen LogP contribution in [-0.2, 0) is 6.61 Å². The van der Waals surface area contributed by atoms with E-state index >= 15 is 0 Å². The van der Waals surface area contributed by atoms with Crippen LogP contribution in [0.15, 0.2) is 29.9 Å². The van der Waals surface area contributed by atoms with Crippen molar-refractivity contribution in [3.63, 3.8) is 0 Å². The quantitative estimate of drug-likeness (QED) is 0.766. The van der Waals surface area contributed by atoms with Crippen LogP contribution < -0.4 is 0 Å². The van der Waals surface area contributed by atoms with Crippen molar-refractivity contribution in [1.82, 2.24) is 15.0 Å². The largest absolute Gasteiger partial charge is 0.392 e. The molecule has 0 aliphatic carbocycles. The van der Waals surface area contributed by atoms with Gasteiger partial charge in [0.2, 0.25) is 0 Å². The predicted molar refractivity (Wildman–Crippen MR) is 71.3 cm³/mol. The van der Waals surface area contributed by atoms with E-state index in [9.17, 15) is 0 Å². The Morgan fingerprint density at radius 2 is 2.17 bits per heavy atom. The van der Waals surface area contributed by atoms with Gasteiger partial charge in [-0.25, -0.2) is 9.97 Å². The van der Waals surface area contributed by atoms with Crippen LogP contribution in [0.5, 0.6) is 0 Å². The molecule has 0 aliphatic rings.